The van der Waals surface area contributed by atoms with Gasteiger partial charge in [-0.2, -0.15) is 18.3 Å². The van der Waals surface area contributed by atoms with Crippen LogP contribution in [-0.2, 0) is 35.3 Å². The van der Waals surface area contributed by atoms with Gasteiger partial charge in [-0.15, -0.1) is 0 Å². The fourth-order valence-corrected chi connectivity index (χ4v) is 7.90. The first-order valence-electron chi connectivity index (χ1n) is 17.0. The van der Waals surface area contributed by atoms with Gasteiger partial charge in [0.05, 0.1) is 16.7 Å². The highest BCUT2D eigenvalue weighted by Crippen LogP contribution is 2.50. The number of nitriles is 1. The maximum absolute atomic E-state index is 14.2. The Kier molecular flexibility index (Phi) is 10.4. The van der Waals surface area contributed by atoms with E-state index in [0.717, 1.165) is 17.0 Å². The Morgan fingerprint density at radius 2 is 1.62 bits per heavy atom. The number of benzene rings is 2. The van der Waals surface area contributed by atoms with Gasteiger partial charge >= 0.3 is 11.9 Å². The fourth-order valence-electron chi connectivity index (χ4n) is 7.39. The van der Waals surface area contributed by atoms with Crippen LogP contribution >= 0.6 is 0 Å². The molecule has 0 bridgehead atoms. The van der Waals surface area contributed by atoms with E-state index in [4.69, 9.17) is 10.5 Å². The second kappa shape index (κ2) is 14.3. The van der Waals surface area contributed by atoms with E-state index in [9.17, 15) is 37.7 Å². The van der Waals surface area contributed by atoms with Crippen molar-refractivity contribution in [2.24, 2.45) is 0 Å². The Labute approximate surface area is 302 Å². The van der Waals surface area contributed by atoms with Gasteiger partial charge < -0.3 is 15.1 Å². The van der Waals surface area contributed by atoms with Crippen molar-refractivity contribution >= 4 is 50.8 Å². The second-order valence-electron chi connectivity index (χ2n) is 14.1. The van der Waals surface area contributed by atoms with Crippen LogP contribution in [0, 0.1) is 16.7 Å². The molecular formula is C39H41N4O8S+. The van der Waals surface area contributed by atoms with Crippen LogP contribution in [-0.4, -0.2) is 70.2 Å². The highest BCUT2D eigenvalue weighted by atomic mass is 32.2. The average molecular weight is 726 g/mol. The summed E-state index contributed by atoms with van der Waals surface area (Å²) in [4.78, 5) is 38.3. The summed E-state index contributed by atoms with van der Waals surface area (Å²) in [5.41, 5.74) is 3.49. The van der Waals surface area contributed by atoms with Crippen LogP contribution in [0.25, 0.3) is 0 Å². The Bertz CT molecular complexity index is 2230. The molecule has 2 aromatic carbocycles. The molecule has 0 spiro atoms. The molecule has 0 unspecified atom stereocenters. The predicted molar refractivity (Wildman–Crippen MR) is 194 cm³/mol. The second-order valence-corrected chi connectivity index (χ2v) is 15.6. The maximum Gasteiger partial charge on any atom is 0.303 e. The lowest BCUT2D eigenvalue weighted by atomic mass is 9.73. The summed E-state index contributed by atoms with van der Waals surface area (Å²) in [6, 6.07) is 14.0. The molecule has 0 fully saturated rings. The number of carbonyl (C=O) groups excluding carboxylic acids is 1. The molecule has 2 aliphatic heterocycles. The molecule has 5 rings (SSSR count). The zero-order valence-electron chi connectivity index (χ0n) is 29.5. The van der Waals surface area contributed by atoms with Crippen LogP contribution in [0.3, 0.4) is 0 Å². The number of unbranched alkanes of at least 4 members (excludes halogenated alkanes) is 2. The number of anilines is 1. The topological polar surface area (TPSA) is 200 Å². The monoisotopic (exact) mass is 725 g/mol. The Hall–Kier alpha value is -5.41. The highest BCUT2D eigenvalue weighted by Gasteiger charge is 2.47. The molecule has 3 aliphatic rings. The molecule has 0 atom stereocenters. The lowest BCUT2D eigenvalue weighted by molar-refractivity contribution is -0.438. The normalized spacial score (nSPS) is 18.6. The third-order valence-corrected chi connectivity index (χ3v) is 10.9. The zero-order valence-corrected chi connectivity index (χ0v) is 30.3. The number of carboxylic acids is 2. The minimum absolute atomic E-state index is 0.0210. The minimum Gasteiger partial charge on any atom is -0.481 e. The average Bonchev–Trinajstić information content (AvgIpc) is 3.42. The van der Waals surface area contributed by atoms with Gasteiger partial charge in [-0.05, 0) is 62.4 Å². The van der Waals surface area contributed by atoms with Crippen molar-refractivity contribution in [3.63, 3.8) is 0 Å². The summed E-state index contributed by atoms with van der Waals surface area (Å²) in [7, 11) is -4.53. The van der Waals surface area contributed by atoms with Gasteiger partial charge in [0.15, 0.2) is 11.5 Å². The molecule has 270 valence electrons. The number of nitrogens with zero attached hydrogens (tertiary/aromatic N) is 3. The molecule has 0 amide bonds. The van der Waals surface area contributed by atoms with Crippen molar-refractivity contribution in [1.82, 2.24) is 0 Å². The number of Topliss-reactive ketones (excluding diaryl/α,β-unsaturated/α-hetero) is 1. The zero-order chi connectivity index (χ0) is 38.2. The van der Waals surface area contributed by atoms with E-state index in [2.05, 4.69) is 5.87 Å². The number of rotatable bonds is 14. The number of nitrogens with one attached hydrogen (secondary N) is 1. The molecule has 0 saturated carbocycles. The lowest BCUT2D eigenvalue weighted by Crippen LogP contribution is -2.32. The molecule has 13 heteroatoms. The molecule has 12 nitrogen and oxygen atoms in total. The molecule has 0 aromatic heterocycles. The SMILES string of the molecule is CC1(C)C(/C=C2\C(=O)C(/C=C3/N(CCCCCC(=O)O)c4ccc(S(=O)(=O)O)cc4C3(C)C)=C2C(=C=N)C#N)=[N+](CCCC(=O)O)c2ccccc21. The molecule has 2 heterocycles. The van der Waals surface area contributed by atoms with Gasteiger partial charge in [-0.1, -0.05) is 38.5 Å². The van der Waals surface area contributed by atoms with E-state index in [-0.39, 0.29) is 45.8 Å². The summed E-state index contributed by atoms with van der Waals surface area (Å²) < 4.78 is 36.0. The lowest BCUT2D eigenvalue weighted by Gasteiger charge is -2.30. The van der Waals surface area contributed by atoms with E-state index < -0.39 is 32.9 Å². The number of aliphatic carboxylic acids is 2. The van der Waals surface area contributed by atoms with Gasteiger partial charge in [0.25, 0.3) is 10.1 Å². The number of para-hydroxylation sites is 1. The fraction of sp³-hybridized carbons (Fsp3) is 0.359. The number of hydrogen-bond acceptors (Lipinski definition) is 8. The van der Waals surface area contributed by atoms with Gasteiger partial charge in [0, 0.05) is 70.6 Å². The van der Waals surface area contributed by atoms with Crippen molar-refractivity contribution in [1.29, 1.82) is 10.7 Å². The largest absolute Gasteiger partial charge is 0.481 e. The third-order valence-electron chi connectivity index (χ3n) is 10.1. The number of allylic oxidation sites excluding steroid dienone is 7. The van der Waals surface area contributed by atoms with Crippen molar-refractivity contribution in [3.8, 4) is 6.07 Å². The maximum atomic E-state index is 14.2. The summed E-state index contributed by atoms with van der Waals surface area (Å²) >= 11 is 0. The van der Waals surface area contributed by atoms with Crippen LogP contribution in [0.5, 0.6) is 0 Å². The third kappa shape index (κ3) is 6.93. The first kappa shape index (κ1) is 37.8. The van der Waals surface area contributed by atoms with Gasteiger partial charge in [0.1, 0.15) is 18.2 Å². The molecule has 0 radical (unpaired) electrons. The highest BCUT2D eigenvalue weighted by molar-refractivity contribution is 7.85. The minimum atomic E-state index is -4.53. The van der Waals surface area contributed by atoms with E-state index in [0.29, 0.717) is 55.7 Å². The van der Waals surface area contributed by atoms with E-state index >= 15 is 0 Å². The standard InChI is InChI=1S/C39H40N4O8S/c1-38(2)28-11-7-8-12-30(28)43(18-10-14-35(46)47)32(38)20-26-36(24(22-40)23-41)27(37(26)48)21-33-39(3,4)29-19-25(52(49,50)51)15-16-31(29)42(33)17-9-5-6-13-34(44)45/h7-8,11-12,15-16,19-21,40H,5-6,9-10,13-14,17-18H2,1-4H3,(H2-,44,45,46,47,49,50,51)/p+1. The van der Waals surface area contributed by atoms with Crippen LogP contribution in [0.2, 0.25) is 0 Å². The predicted octanol–water partition coefficient (Wildman–Crippen LogP) is 6.01. The van der Waals surface area contributed by atoms with E-state index in [1.54, 1.807) is 18.2 Å². The number of carboxylic acid groups (broad SMARTS) is 2. The molecular weight excluding hydrogens is 685 g/mol. The van der Waals surface area contributed by atoms with Crippen LogP contribution in [0.4, 0.5) is 11.4 Å². The van der Waals surface area contributed by atoms with Gasteiger partial charge in [-0.25, -0.2) is 0 Å². The first-order valence-corrected chi connectivity index (χ1v) is 18.4. The molecule has 2 aromatic rings. The summed E-state index contributed by atoms with van der Waals surface area (Å²) in [6.07, 6.45) is 5.37. The van der Waals surface area contributed by atoms with Crippen molar-refractivity contribution in [2.75, 3.05) is 18.0 Å². The Balaban J connectivity index is 1.67. The smallest absolute Gasteiger partial charge is 0.303 e. The molecule has 4 N–H and O–H groups in total. The summed E-state index contributed by atoms with van der Waals surface area (Å²) in [5.74, 6) is 0.00904. The van der Waals surface area contributed by atoms with Crippen molar-refractivity contribution < 1.29 is 42.1 Å². The Morgan fingerprint density at radius 3 is 2.25 bits per heavy atom. The van der Waals surface area contributed by atoms with Crippen LogP contribution < -0.4 is 4.90 Å². The van der Waals surface area contributed by atoms with E-state index in [1.165, 1.54) is 12.1 Å². The molecule has 0 saturated heterocycles. The molecule has 52 heavy (non-hydrogen) atoms. The van der Waals surface area contributed by atoms with Gasteiger partial charge in [-0.3, -0.25) is 24.3 Å². The Morgan fingerprint density at radius 1 is 0.942 bits per heavy atom. The summed E-state index contributed by atoms with van der Waals surface area (Å²) in [5, 5.41) is 36.5. The van der Waals surface area contributed by atoms with Gasteiger partial charge in [0.2, 0.25) is 5.69 Å². The summed E-state index contributed by atoms with van der Waals surface area (Å²) in [6.45, 7) is 8.52. The molecule has 1 aliphatic carbocycles. The number of fused-ring (bicyclic) bond motifs is 2. The van der Waals surface area contributed by atoms with E-state index in [1.807, 2.05) is 67.5 Å². The van der Waals surface area contributed by atoms with Crippen LogP contribution in [0.15, 0.2) is 87.5 Å². The number of ketones is 1. The number of hydrogen-bond donors (Lipinski definition) is 4. The number of carbonyl (C=O) groups is 3. The van der Waals surface area contributed by atoms with Crippen molar-refractivity contribution in [2.45, 2.75) is 81.9 Å². The van der Waals surface area contributed by atoms with Crippen LogP contribution in [0.1, 0.15) is 77.3 Å². The quantitative estimate of drug-likeness (QED) is 0.0447. The first-order chi connectivity index (χ1) is 24.4. The van der Waals surface area contributed by atoms with Crippen molar-refractivity contribution in [3.05, 3.63) is 93.7 Å².